The third-order valence-corrected chi connectivity index (χ3v) is 10.2. The van der Waals surface area contributed by atoms with Gasteiger partial charge in [-0.05, 0) is 99.2 Å². The van der Waals surface area contributed by atoms with E-state index >= 15 is 0 Å². The van der Waals surface area contributed by atoms with Gasteiger partial charge in [0.25, 0.3) is 0 Å². The van der Waals surface area contributed by atoms with Gasteiger partial charge in [-0.15, -0.1) is 0 Å². The van der Waals surface area contributed by atoms with Gasteiger partial charge in [0.1, 0.15) is 6.07 Å². The molecule has 6 heteroatoms. The Morgan fingerprint density at radius 1 is 1.12 bits per heavy atom. The monoisotopic (exact) mass is 450 g/mol. The molecule has 33 heavy (non-hydrogen) atoms. The molecule has 0 bridgehead atoms. The number of carbonyl (C=O) groups is 1. The lowest BCUT2D eigenvalue weighted by atomic mass is 9.49. The van der Waals surface area contributed by atoms with E-state index in [4.69, 9.17) is 5.26 Å². The zero-order chi connectivity index (χ0) is 23.2. The first kappa shape index (κ1) is 22.8. The van der Waals surface area contributed by atoms with Crippen molar-refractivity contribution < 1.29 is 9.90 Å². The molecule has 178 valence electrons. The molecule has 1 aromatic rings. The molecular weight excluding hydrogens is 412 g/mol. The fourth-order valence-electron chi connectivity index (χ4n) is 8.73. The van der Waals surface area contributed by atoms with Crippen LogP contribution in [0.15, 0.2) is 12.4 Å². The number of nitriles is 1. The van der Waals surface area contributed by atoms with Crippen LogP contribution in [-0.4, -0.2) is 26.6 Å². The lowest BCUT2D eigenvalue weighted by molar-refractivity contribution is -0.130. The Labute approximate surface area is 197 Å². The van der Waals surface area contributed by atoms with Crippen molar-refractivity contribution in [3.8, 4) is 6.07 Å². The standard InChI is InChI=1S/C27H38N4O2/c1-3-10-27(33)12-9-19-18(13-27)4-5-21-20(19)8-11-26(2)22(21)6-7-23(26)24(32)31-25-29-15-17(14-28)16-30-25/h15-16,18-23,33H,3-13H2,1-2H3,(H,29,30,31,32). The summed E-state index contributed by atoms with van der Waals surface area (Å²) < 4.78 is 0. The zero-order valence-corrected chi connectivity index (χ0v) is 20.1. The molecule has 1 heterocycles. The Balaban J connectivity index is 1.27. The van der Waals surface area contributed by atoms with Crippen molar-refractivity contribution in [2.75, 3.05) is 5.32 Å². The smallest absolute Gasteiger partial charge is 0.230 e. The van der Waals surface area contributed by atoms with Gasteiger partial charge in [0.05, 0.1) is 23.6 Å². The van der Waals surface area contributed by atoms with Crippen LogP contribution in [0.2, 0.25) is 0 Å². The number of amides is 1. The molecule has 5 rings (SSSR count). The molecule has 8 atom stereocenters. The molecule has 4 aliphatic rings. The molecule has 4 aliphatic carbocycles. The maximum atomic E-state index is 13.3. The van der Waals surface area contributed by atoms with Crippen molar-refractivity contribution in [2.24, 2.45) is 40.9 Å². The fraction of sp³-hybridized carbons (Fsp3) is 0.778. The van der Waals surface area contributed by atoms with E-state index < -0.39 is 5.60 Å². The Hall–Kier alpha value is -2.00. The molecule has 0 aliphatic heterocycles. The highest BCUT2D eigenvalue weighted by Crippen LogP contribution is 2.64. The quantitative estimate of drug-likeness (QED) is 0.666. The van der Waals surface area contributed by atoms with Gasteiger partial charge in [-0.25, -0.2) is 9.97 Å². The second-order valence-electron chi connectivity index (χ2n) is 11.7. The first-order valence-electron chi connectivity index (χ1n) is 13.1. The van der Waals surface area contributed by atoms with Crippen LogP contribution >= 0.6 is 0 Å². The molecule has 4 fully saturated rings. The predicted molar refractivity (Wildman–Crippen MR) is 126 cm³/mol. The summed E-state index contributed by atoms with van der Waals surface area (Å²) in [4.78, 5) is 21.5. The highest BCUT2D eigenvalue weighted by atomic mass is 16.3. The van der Waals surface area contributed by atoms with Crippen LogP contribution in [0.25, 0.3) is 0 Å². The third kappa shape index (κ3) is 3.97. The van der Waals surface area contributed by atoms with Gasteiger partial charge >= 0.3 is 0 Å². The van der Waals surface area contributed by atoms with E-state index in [2.05, 4.69) is 29.1 Å². The molecular formula is C27H38N4O2. The van der Waals surface area contributed by atoms with Gasteiger partial charge in [0.15, 0.2) is 0 Å². The lowest BCUT2D eigenvalue weighted by Gasteiger charge is -2.57. The number of nitrogens with zero attached hydrogens (tertiary/aromatic N) is 3. The average Bonchev–Trinajstić information content (AvgIpc) is 3.16. The topological polar surface area (TPSA) is 98.9 Å². The predicted octanol–water partition coefficient (Wildman–Crippen LogP) is 5.09. The Morgan fingerprint density at radius 3 is 2.61 bits per heavy atom. The van der Waals surface area contributed by atoms with E-state index in [1.54, 1.807) is 0 Å². The molecule has 2 N–H and O–H groups in total. The third-order valence-electron chi connectivity index (χ3n) is 10.2. The molecule has 1 amide bonds. The van der Waals surface area contributed by atoms with Gasteiger partial charge < -0.3 is 5.11 Å². The fourth-order valence-corrected chi connectivity index (χ4v) is 8.73. The molecule has 0 saturated heterocycles. The second-order valence-corrected chi connectivity index (χ2v) is 11.7. The van der Waals surface area contributed by atoms with Gasteiger partial charge in [-0.3, -0.25) is 10.1 Å². The Kier molecular flexibility index (Phi) is 5.97. The molecule has 0 aromatic carbocycles. The minimum absolute atomic E-state index is 0.00131. The molecule has 8 unspecified atom stereocenters. The number of anilines is 1. The number of hydrogen-bond donors (Lipinski definition) is 2. The van der Waals surface area contributed by atoms with Gasteiger partial charge in [-0.2, -0.15) is 5.26 Å². The maximum Gasteiger partial charge on any atom is 0.230 e. The van der Waals surface area contributed by atoms with Crippen LogP contribution < -0.4 is 5.32 Å². The largest absolute Gasteiger partial charge is 0.390 e. The summed E-state index contributed by atoms with van der Waals surface area (Å²) in [6.45, 7) is 4.54. The normalized spacial score (nSPS) is 41.9. The number of hydrogen-bond acceptors (Lipinski definition) is 5. The first-order chi connectivity index (χ1) is 15.9. The SMILES string of the molecule is CCCC1(O)CCC2C(CCC3C2CCC2(C)C(C(=O)Nc4ncc(C#N)cn4)CCC32)C1. The maximum absolute atomic E-state index is 13.3. The van der Waals surface area contributed by atoms with E-state index in [1.165, 1.54) is 38.1 Å². The zero-order valence-electron chi connectivity index (χ0n) is 20.1. The molecule has 4 saturated carbocycles. The summed E-state index contributed by atoms with van der Waals surface area (Å²) in [6.07, 6.45) is 15.0. The van der Waals surface area contributed by atoms with Crippen LogP contribution in [0.4, 0.5) is 5.95 Å². The van der Waals surface area contributed by atoms with Crippen LogP contribution in [0.5, 0.6) is 0 Å². The van der Waals surface area contributed by atoms with E-state index in [0.29, 0.717) is 23.3 Å². The van der Waals surface area contributed by atoms with Crippen LogP contribution in [0.1, 0.15) is 90.0 Å². The van der Waals surface area contributed by atoms with E-state index in [9.17, 15) is 9.90 Å². The van der Waals surface area contributed by atoms with Crippen molar-refractivity contribution in [1.29, 1.82) is 5.26 Å². The molecule has 0 spiro atoms. The highest BCUT2D eigenvalue weighted by molar-refractivity contribution is 5.91. The van der Waals surface area contributed by atoms with Crippen LogP contribution in [-0.2, 0) is 4.79 Å². The van der Waals surface area contributed by atoms with E-state index in [1.807, 2.05) is 6.07 Å². The number of carbonyl (C=O) groups excluding carboxylic acids is 1. The van der Waals surface area contributed by atoms with Crippen molar-refractivity contribution in [2.45, 2.75) is 90.1 Å². The Bertz CT molecular complexity index is 927. The minimum Gasteiger partial charge on any atom is -0.390 e. The summed E-state index contributed by atoms with van der Waals surface area (Å²) in [6, 6.07) is 2.01. The number of fused-ring (bicyclic) bond motifs is 5. The van der Waals surface area contributed by atoms with Crippen molar-refractivity contribution in [1.82, 2.24) is 9.97 Å². The lowest BCUT2D eigenvalue weighted by Crippen LogP contribution is -2.51. The summed E-state index contributed by atoms with van der Waals surface area (Å²) >= 11 is 0. The number of aliphatic hydroxyl groups is 1. The number of aromatic nitrogens is 2. The van der Waals surface area contributed by atoms with Crippen molar-refractivity contribution in [3.05, 3.63) is 18.0 Å². The second kappa shape index (κ2) is 8.65. The van der Waals surface area contributed by atoms with E-state index in [-0.39, 0.29) is 17.2 Å². The number of rotatable bonds is 4. The molecule has 0 radical (unpaired) electrons. The van der Waals surface area contributed by atoms with Crippen molar-refractivity contribution in [3.63, 3.8) is 0 Å². The van der Waals surface area contributed by atoms with Crippen LogP contribution in [0, 0.1) is 52.3 Å². The summed E-state index contributed by atoms with van der Waals surface area (Å²) in [5.41, 5.74) is 0.0174. The summed E-state index contributed by atoms with van der Waals surface area (Å²) in [5.74, 6) is 3.91. The van der Waals surface area contributed by atoms with Gasteiger partial charge in [0.2, 0.25) is 11.9 Å². The minimum atomic E-state index is -0.421. The van der Waals surface area contributed by atoms with Gasteiger partial charge in [0, 0.05) is 5.92 Å². The highest BCUT2D eigenvalue weighted by Gasteiger charge is 2.59. The van der Waals surface area contributed by atoms with Crippen molar-refractivity contribution >= 4 is 11.9 Å². The van der Waals surface area contributed by atoms with Gasteiger partial charge in [-0.1, -0.05) is 20.3 Å². The Morgan fingerprint density at radius 2 is 1.88 bits per heavy atom. The molecule has 6 nitrogen and oxygen atoms in total. The summed E-state index contributed by atoms with van der Waals surface area (Å²) in [7, 11) is 0. The average molecular weight is 451 g/mol. The van der Waals surface area contributed by atoms with Crippen LogP contribution in [0.3, 0.4) is 0 Å². The number of nitrogens with one attached hydrogen (secondary N) is 1. The molecule has 1 aromatic heterocycles. The van der Waals surface area contributed by atoms with E-state index in [0.717, 1.165) is 62.7 Å². The summed E-state index contributed by atoms with van der Waals surface area (Å²) in [5, 5.41) is 22.9. The first-order valence-corrected chi connectivity index (χ1v) is 13.1.